The first-order valence-corrected chi connectivity index (χ1v) is 6.68. The molecule has 2 rings (SSSR count). The molecule has 0 radical (unpaired) electrons. The van der Waals surface area contributed by atoms with E-state index in [4.69, 9.17) is 9.47 Å². The number of ether oxygens (including phenoxy) is 2. The first kappa shape index (κ1) is 14.4. The Morgan fingerprint density at radius 1 is 1.10 bits per heavy atom. The highest BCUT2D eigenvalue weighted by Gasteiger charge is 2.09. The Morgan fingerprint density at radius 2 is 1.80 bits per heavy atom. The molecule has 104 valence electrons. The van der Waals surface area contributed by atoms with E-state index < -0.39 is 0 Å². The van der Waals surface area contributed by atoms with E-state index in [1.54, 1.807) is 12.3 Å². The fourth-order valence-corrected chi connectivity index (χ4v) is 1.93. The van der Waals surface area contributed by atoms with E-state index in [0.717, 1.165) is 10.2 Å². The molecule has 2 aromatic rings. The van der Waals surface area contributed by atoms with Gasteiger partial charge in [-0.05, 0) is 24.3 Å². The predicted octanol–water partition coefficient (Wildman–Crippen LogP) is 3.92. The summed E-state index contributed by atoms with van der Waals surface area (Å²) in [5, 5.41) is 10.00. The van der Waals surface area contributed by atoms with Gasteiger partial charge >= 0.3 is 0 Å². The van der Waals surface area contributed by atoms with Crippen molar-refractivity contribution in [3.63, 3.8) is 0 Å². The Morgan fingerprint density at radius 3 is 2.40 bits per heavy atom. The Hall–Kier alpha value is -2.01. The Balaban J connectivity index is 2.35. The topological polar surface area (TPSA) is 51.0 Å². The summed E-state index contributed by atoms with van der Waals surface area (Å²) < 4.78 is 11.3. The number of nitrogens with zero attached hydrogens (tertiary/aromatic N) is 1. The van der Waals surface area contributed by atoms with Crippen LogP contribution in [0.15, 0.2) is 45.9 Å². The lowest BCUT2D eigenvalue weighted by molar-refractivity contribution is 0.384. The van der Waals surface area contributed by atoms with E-state index in [1.165, 1.54) is 20.3 Å². The number of phenolic OH excluding ortho intramolecular Hbond substituents is 1. The summed E-state index contributed by atoms with van der Waals surface area (Å²) in [6, 6.07) is 10.8. The van der Waals surface area contributed by atoms with Crippen molar-refractivity contribution in [2.75, 3.05) is 14.2 Å². The second-order valence-electron chi connectivity index (χ2n) is 4.00. The quantitative estimate of drug-likeness (QED) is 0.861. The van der Waals surface area contributed by atoms with Crippen LogP contribution < -0.4 is 9.47 Å². The molecule has 0 aliphatic heterocycles. The van der Waals surface area contributed by atoms with Crippen LogP contribution in [0.3, 0.4) is 0 Å². The van der Waals surface area contributed by atoms with Crippen LogP contribution >= 0.6 is 15.9 Å². The Labute approximate surface area is 125 Å². The summed E-state index contributed by atoms with van der Waals surface area (Å²) in [4.78, 5) is 4.32. The standard InChI is InChI=1S/C15H14BrNO3/c1-19-12-7-14(18)13(15(8-12)20-2)9-17-11-5-3-10(16)4-6-11/h3-9,18H,1-2H3. The first-order valence-electron chi connectivity index (χ1n) is 5.88. The number of phenols is 1. The number of aromatic hydroxyl groups is 1. The molecule has 4 nitrogen and oxygen atoms in total. The molecule has 0 aromatic heterocycles. The van der Waals surface area contributed by atoms with Gasteiger partial charge in [-0.2, -0.15) is 0 Å². The van der Waals surface area contributed by atoms with Gasteiger partial charge < -0.3 is 14.6 Å². The number of hydrogen-bond acceptors (Lipinski definition) is 4. The van der Waals surface area contributed by atoms with Crippen LogP contribution in [0.25, 0.3) is 0 Å². The third kappa shape index (κ3) is 3.30. The monoisotopic (exact) mass is 335 g/mol. The molecular formula is C15H14BrNO3. The minimum Gasteiger partial charge on any atom is -0.507 e. The number of hydrogen-bond donors (Lipinski definition) is 1. The third-order valence-electron chi connectivity index (χ3n) is 2.72. The minimum absolute atomic E-state index is 0.0575. The zero-order valence-electron chi connectivity index (χ0n) is 11.1. The van der Waals surface area contributed by atoms with Gasteiger partial charge in [0.05, 0.1) is 25.5 Å². The molecule has 0 heterocycles. The molecule has 20 heavy (non-hydrogen) atoms. The maximum atomic E-state index is 10.00. The number of benzene rings is 2. The molecule has 5 heteroatoms. The zero-order valence-corrected chi connectivity index (χ0v) is 12.7. The van der Waals surface area contributed by atoms with Crippen LogP contribution in [-0.2, 0) is 0 Å². The lowest BCUT2D eigenvalue weighted by atomic mass is 10.2. The van der Waals surface area contributed by atoms with Crippen molar-refractivity contribution in [2.45, 2.75) is 0 Å². The first-order chi connectivity index (χ1) is 9.63. The third-order valence-corrected chi connectivity index (χ3v) is 3.25. The van der Waals surface area contributed by atoms with Crippen LogP contribution in [-0.4, -0.2) is 25.5 Å². The summed E-state index contributed by atoms with van der Waals surface area (Å²) in [6.07, 6.45) is 1.57. The molecule has 0 saturated heterocycles. The Bertz CT molecular complexity index is 624. The van der Waals surface area contributed by atoms with Crippen molar-refractivity contribution in [3.05, 3.63) is 46.4 Å². The number of halogens is 1. The van der Waals surface area contributed by atoms with Gasteiger partial charge in [0.25, 0.3) is 0 Å². The average Bonchev–Trinajstić information content (AvgIpc) is 2.47. The number of aliphatic imine (C=N–C) groups is 1. The van der Waals surface area contributed by atoms with Crippen LogP contribution in [0.5, 0.6) is 17.2 Å². The van der Waals surface area contributed by atoms with Crippen molar-refractivity contribution in [3.8, 4) is 17.2 Å². The molecule has 2 aromatic carbocycles. The van der Waals surface area contributed by atoms with E-state index in [9.17, 15) is 5.11 Å². The molecule has 0 spiro atoms. The smallest absolute Gasteiger partial charge is 0.135 e. The van der Waals surface area contributed by atoms with E-state index in [-0.39, 0.29) is 5.75 Å². The van der Waals surface area contributed by atoms with E-state index >= 15 is 0 Å². The predicted molar refractivity (Wildman–Crippen MR) is 82.6 cm³/mol. The molecule has 0 fully saturated rings. The fourth-order valence-electron chi connectivity index (χ4n) is 1.67. The highest BCUT2D eigenvalue weighted by atomic mass is 79.9. The van der Waals surface area contributed by atoms with Gasteiger partial charge in [0.2, 0.25) is 0 Å². The SMILES string of the molecule is COc1cc(O)c(C=Nc2ccc(Br)cc2)c(OC)c1. The van der Waals surface area contributed by atoms with Gasteiger partial charge in [-0.25, -0.2) is 0 Å². The second-order valence-corrected chi connectivity index (χ2v) is 4.91. The molecule has 0 atom stereocenters. The maximum absolute atomic E-state index is 10.00. The average molecular weight is 336 g/mol. The maximum Gasteiger partial charge on any atom is 0.135 e. The van der Waals surface area contributed by atoms with Gasteiger partial charge in [-0.3, -0.25) is 4.99 Å². The molecule has 0 amide bonds. The summed E-state index contributed by atoms with van der Waals surface area (Å²) in [5.74, 6) is 1.09. The van der Waals surface area contributed by atoms with Crippen LogP contribution in [0.4, 0.5) is 5.69 Å². The summed E-state index contributed by atoms with van der Waals surface area (Å²) >= 11 is 3.37. The summed E-state index contributed by atoms with van der Waals surface area (Å²) in [5.41, 5.74) is 1.29. The fraction of sp³-hybridized carbons (Fsp3) is 0.133. The van der Waals surface area contributed by atoms with E-state index in [2.05, 4.69) is 20.9 Å². The van der Waals surface area contributed by atoms with Crippen molar-refractivity contribution < 1.29 is 14.6 Å². The lowest BCUT2D eigenvalue weighted by Crippen LogP contribution is -1.93. The number of rotatable bonds is 4. The molecule has 0 aliphatic rings. The van der Waals surface area contributed by atoms with Gasteiger partial charge in [0, 0.05) is 22.8 Å². The molecule has 0 saturated carbocycles. The normalized spacial score (nSPS) is 10.8. The van der Waals surface area contributed by atoms with Crippen LogP contribution in [0.1, 0.15) is 5.56 Å². The zero-order chi connectivity index (χ0) is 14.5. The highest BCUT2D eigenvalue weighted by Crippen LogP contribution is 2.32. The molecule has 0 bridgehead atoms. The van der Waals surface area contributed by atoms with Gasteiger partial charge in [0.1, 0.15) is 17.2 Å². The van der Waals surface area contributed by atoms with Crippen molar-refractivity contribution in [2.24, 2.45) is 4.99 Å². The van der Waals surface area contributed by atoms with E-state index in [1.807, 2.05) is 24.3 Å². The number of methoxy groups -OCH3 is 2. The van der Waals surface area contributed by atoms with Gasteiger partial charge in [0.15, 0.2) is 0 Å². The van der Waals surface area contributed by atoms with E-state index in [0.29, 0.717) is 17.1 Å². The lowest BCUT2D eigenvalue weighted by Gasteiger charge is -2.09. The molecule has 0 aliphatic carbocycles. The largest absolute Gasteiger partial charge is 0.507 e. The molecule has 1 N–H and O–H groups in total. The van der Waals surface area contributed by atoms with Gasteiger partial charge in [-0.15, -0.1) is 0 Å². The summed E-state index contributed by atoms with van der Waals surface area (Å²) in [7, 11) is 3.06. The Kier molecular flexibility index (Phi) is 4.63. The van der Waals surface area contributed by atoms with Crippen molar-refractivity contribution in [1.29, 1.82) is 0 Å². The minimum atomic E-state index is 0.0575. The second kappa shape index (κ2) is 6.43. The molecule has 0 unspecified atom stereocenters. The van der Waals surface area contributed by atoms with Gasteiger partial charge in [-0.1, -0.05) is 15.9 Å². The van der Waals surface area contributed by atoms with Crippen LogP contribution in [0.2, 0.25) is 0 Å². The molecular weight excluding hydrogens is 322 g/mol. The highest BCUT2D eigenvalue weighted by molar-refractivity contribution is 9.10. The van der Waals surface area contributed by atoms with Crippen molar-refractivity contribution >= 4 is 27.8 Å². The van der Waals surface area contributed by atoms with Crippen molar-refractivity contribution in [1.82, 2.24) is 0 Å². The van der Waals surface area contributed by atoms with Crippen LogP contribution in [0, 0.1) is 0 Å². The summed E-state index contributed by atoms with van der Waals surface area (Å²) in [6.45, 7) is 0.